The van der Waals surface area contributed by atoms with Gasteiger partial charge in [-0.3, -0.25) is 14.4 Å². The van der Waals surface area contributed by atoms with Crippen LogP contribution in [0.15, 0.2) is 41.1 Å². The van der Waals surface area contributed by atoms with Gasteiger partial charge in [0, 0.05) is 15.9 Å². The third-order valence-electron chi connectivity index (χ3n) is 4.25. The van der Waals surface area contributed by atoms with Gasteiger partial charge in [0.1, 0.15) is 0 Å². The summed E-state index contributed by atoms with van der Waals surface area (Å²) >= 11 is 2.78. The normalized spacial score (nSPS) is 10.5. The van der Waals surface area contributed by atoms with Crippen molar-refractivity contribution in [3.63, 3.8) is 0 Å². The van der Waals surface area contributed by atoms with Crippen LogP contribution in [0.5, 0.6) is 0 Å². The molecule has 0 spiro atoms. The summed E-state index contributed by atoms with van der Waals surface area (Å²) in [6.07, 6.45) is 0.330. The maximum atomic E-state index is 12.1. The van der Waals surface area contributed by atoms with Crippen molar-refractivity contribution in [1.29, 1.82) is 0 Å². The summed E-state index contributed by atoms with van der Waals surface area (Å²) in [4.78, 5) is 41.5. The van der Waals surface area contributed by atoms with Gasteiger partial charge in [-0.1, -0.05) is 24.3 Å². The number of nitrogens with zero attached hydrogens (tertiary/aromatic N) is 1. The zero-order valence-corrected chi connectivity index (χ0v) is 18.3. The Labute approximate surface area is 182 Å². The van der Waals surface area contributed by atoms with E-state index < -0.39 is 0 Å². The fourth-order valence-corrected chi connectivity index (χ4v) is 4.21. The third kappa shape index (κ3) is 6.23. The van der Waals surface area contributed by atoms with Gasteiger partial charge in [0.2, 0.25) is 17.7 Å². The number of anilines is 2. The number of aryl methyl sites for hydroxylation is 2. The van der Waals surface area contributed by atoms with Crippen molar-refractivity contribution < 1.29 is 14.4 Å². The number of aromatic nitrogens is 1. The fraction of sp³-hybridized carbons (Fsp3) is 0.238. The van der Waals surface area contributed by atoms with Gasteiger partial charge in [0.05, 0.1) is 25.1 Å². The van der Waals surface area contributed by atoms with E-state index in [1.165, 1.54) is 22.7 Å². The molecule has 0 aliphatic carbocycles. The van der Waals surface area contributed by atoms with Crippen LogP contribution in [0.2, 0.25) is 0 Å². The molecule has 3 rings (SSSR count). The number of para-hydroxylation sites is 1. The number of nitrogens with one attached hydrogen (secondary N) is 3. The van der Waals surface area contributed by atoms with E-state index in [0.29, 0.717) is 17.2 Å². The lowest BCUT2D eigenvalue weighted by atomic mass is 10.1. The molecule has 0 aliphatic heterocycles. The minimum absolute atomic E-state index is 0.0357. The Bertz CT molecular complexity index is 1020. The van der Waals surface area contributed by atoms with Crippen LogP contribution in [-0.2, 0) is 27.2 Å². The van der Waals surface area contributed by atoms with Crippen molar-refractivity contribution in [3.8, 4) is 0 Å². The molecular weight excluding hydrogens is 420 g/mol. The Morgan fingerprint density at radius 2 is 1.67 bits per heavy atom. The summed E-state index contributed by atoms with van der Waals surface area (Å²) in [7, 11) is 0. The Morgan fingerprint density at radius 1 is 0.900 bits per heavy atom. The van der Waals surface area contributed by atoms with Gasteiger partial charge in [-0.15, -0.1) is 22.7 Å². The molecule has 2 aromatic heterocycles. The van der Waals surface area contributed by atoms with E-state index in [9.17, 15) is 14.4 Å². The summed E-state index contributed by atoms with van der Waals surface area (Å²) in [5, 5.41) is 12.3. The van der Waals surface area contributed by atoms with Crippen molar-refractivity contribution in [2.75, 3.05) is 17.2 Å². The van der Waals surface area contributed by atoms with Crippen LogP contribution in [0.1, 0.15) is 21.7 Å². The largest absolute Gasteiger partial charge is 0.347 e. The molecule has 30 heavy (non-hydrogen) atoms. The predicted molar refractivity (Wildman–Crippen MR) is 120 cm³/mol. The molecule has 156 valence electrons. The topological polar surface area (TPSA) is 100 Å². The minimum Gasteiger partial charge on any atom is -0.347 e. The zero-order chi connectivity index (χ0) is 21.5. The smallest absolute Gasteiger partial charge is 0.243 e. The predicted octanol–water partition coefficient (Wildman–Crippen LogP) is 3.30. The zero-order valence-electron chi connectivity index (χ0n) is 16.7. The average Bonchev–Trinajstić information content (AvgIpc) is 3.35. The highest BCUT2D eigenvalue weighted by atomic mass is 32.1. The first-order valence-electron chi connectivity index (χ1n) is 9.30. The molecule has 1 aromatic carbocycles. The summed E-state index contributed by atoms with van der Waals surface area (Å²) in [5.41, 5.74) is 3.23. The molecule has 0 radical (unpaired) electrons. The number of rotatable bonds is 8. The van der Waals surface area contributed by atoms with Gasteiger partial charge < -0.3 is 16.0 Å². The number of thiophene rings is 1. The first-order valence-corrected chi connectivity index (χ1v) is 11.1. The van der Waals surface area contributed by atoms with Crippen molar-refractivity contribution >= 4 is 51.2 Å². The molecule has 7 nitrogen and oxygen atoms in total. The standard InChI is InChI=1S/C21H22N4O3S2/c1-13-5-3-6-14(2)20(13)24-19(28)11-22-17(26)9-15-12-30-21(23-15)25-18(27)10-16-7-4-8-29-16/h3-8,12H,9-11H2,1-2H3,(H,22,26)(H,24,28)(H,23,25,27). The lowest BCUT2D eigenvalue weighted by Crippen LogP contribution is -2.34. The summed E-state index contributed by atoms with van der Waals surface area (Å²) < 4.78 is 0. The summed E-state index contributed by atoms with van der Waals surface area (Å²) in [6.45, 7) is 3.71. The first kappa shape index (κ1) is 21.7. The monoisotopic (exact) mass is 442 g/mol. The van der Waals surface area contributed by atoms with Gasteiger partial charge in [-0.2, -0.15) is 0 Å². The van der Waals surface area contributed by atoms with Gasteiger partial charge in [0.25, 0.3) is 0 Å². The second-order valence-electron chi connectivity index (χ2n) is 6.72. The number of hydrogen-bond acceptors (Lipinski definition) is 6. The third-order valence-corrected chi connectivity index (χ3v) is 5.93. The molecule has 2 heterocycles. The molecule has 3 amide bonds. The first-order chi connectivity index (χ1) is 14.4. The lowest BCUT2D eigenvalue weighted by Gasteiger charge is -2.11. The molecule has 0 atom stereocenters. The maximum Gasteiger partial charge on any atom is 0.243 e. The van der Waals surface area contributed by atoms with Gasteiger partial charge in [0.15, 0.2) is 5.13 Å². The number of hydrogen-bond donors (Lipinski definition) is 3. The lowest BCUT2D eigenvalue weighted by molar-refractivity contribution is -0.123. The van der Waals surface area contributed by atoms with Gasteiger partial charge in [-0.05, 0) is 36.4 Å². The molecule has 0 fully saturated rings. The SMILES string of the molecule is Cc1cccc(C)c1NC(=O)CNC(=O)Cc1csc(NC(=O)Cc2cccs2)n1. The van der Waals surface area contributed by atoms with Crippen LogP contribution >= 0.6 is 22.7 Å². The molecule has 3 aromatic rings. The molecule has 0 saturated heterocycles. The molecule has 0 bridgehead atoms. The van der Waals surface area contributed by atoms with Crippen LogP contribution < -0.4 is 16.0 Å². The quantitative estimate of drug-likeness (QED) is 0.498. The van der Waals surface area contributed by atoms with E-state index in [0.717, 1.165) is 21.7 Å². The van der Waals surface area contributed by atoms with E-state index >= 15 is 0 Å². The highest BCUT2D eigenvalue weighted by Gasteiger charge is 2.12. The second kappa shape index (κ2) is 10.1. The Hall–Kier alpha value is -3.04. The van der Waals surface area contributed by atoms with E-state index in [1.807, 2.05) is 49.6 Å². The highest BCUT2D eigenvalue weighted by Crippen LogP contribution is 2.19. The summed E-state index contributed by atoms with van der Waals surface area (Å²) in [5.74, 6) is -0.750. The molecular formula is C21H22N4O3S2. The van der Waals surface area contributed by atoms with E-state index in [1.54, 1.807) is 5.38 Å². The molecule has 0 aliphatic rings. The number of thiazole rings is 1. The van der Waals surface area contributed by atoms with Crippen LogP contribution in [0.25, 0.3) is 0 Å². The van der Waals surface area contributed by atoms with Crippen LogP contribution in [0, 0.1) is 13.8 Å². The average molecular weight is 443 g/mol. The van der Waals surface area contributed by atoms with E-state index in [4.69, 9.17) is 0 Å². The Balaban J connectivity index is 1.44. The highest BCUT2D eigenvalue weighted by molar-refractivity contribution is 7.14. The van der Waals surface area contributed by atoms with Crippen molar-refractivity contribution in [3.05, 3.63) is 62.8 Å². The van der Waals surface area contributed by atoms with Gasteiger partial charge in [-0.25, -0.2) is 4.98 Å². The molecule has 3 N–H and O–H groups in total. The number of carbonyl (C=O) groups is 3. The Kier molecular flexibility index (Phi) is 7.31. The number of benzene rings is 1. The van der Waals surface area contributed by atoms with Crippen LogP contribution in [0.4, 0.5) is 10.8 Å². The Morgan fingerprint density at radius 3 is 2.37 bits per heavy atom. The second-order valence-corrected chi connectivity index (χ2v) is 8.61. The minimum atomic E-state index is -0.312. The molecule has 9 heteroatoms. The number of carbonyl (C=O) groups excluding carboxylic acids is 3. The van der Waals surface area contributed by atoms with Crippen LogP contribution in [0.3, 0.4) is 0 Å². The fourth-order valence-electron chi connectivity index (χ4n) is 2.78. The van der Waals surface area contributed by atoms with Crippen molar-refractivity contribution in [2.45, 2.75) is 26.7 Å². The maximum absolute atomic E-state index is 12.1. The van der Waals surface area contributed by atoms with Crippen LogP contribution in [-0.4, -0.2) is 29.3 Å². The number of amides is 3. The summed E-state index contributed by atoms with van der Waals surface area (Å²) in [6, 6.07) is 9.56. The van der Waals surface area contributed by atoms with Gasteiger partial charge >= 0.3 is 0 Å². The van der Waals surface area contributed by atoms with E-state index in [2.05, 4.69) is 20.9 Å². The van der Waals surface area contributed by atoms with Crippen molar-refractivity contribution in [1.82, 2.24) is 10.3 Å². The molecule has 0 unspecified atom stereocenters. The molecule has 0 saturated carbocycles. The van der Waals surface area contributed by atoms with Crippen molar-refractivity contribution in [2.24, 2.45) is 0 Å². The van der Waals surface area contributed by atoms with E-state index in [-0.39, 0.29) is 30.7 Å².